The largest absolute Gasteiger partial charge is 0.383 e. The van der Waals surface area contributed by atoms with Gasteiger partial charge in [-0.2, -0.15) is 0 Å². The molecule has 0 saturated heterocycles. The third-order valence-electron chi connectivity index (χ3n) is 3.23. The summed E-state index contributed by atoms with van der Waals surface area (Å²) in [5.41, 5.74) is 7.99. The maximum atomic E-state index is 6.12. The number of nitrogens with two attached hydrogens (primary N) is 1. The average Bonchev–Trinajstić information content (AvgIpc) is 2.80. The molecular weight excluding hydrogens is 234 g/mol. The molecule has 0 unspecified atom stereocenters. The highest BCUT2D eigenvalue weighted by Crippen LogP contribution is 2.27. The van der Waals surface area contributed by atoms with Crippen LogP contribution in [-0.2, 0) is 6.54 Å². The zero-order chi connectivity index (χ0) is 13.2. The molecule has 19 heavy (non-hydrogen) atoms. The van der Waals surface area contributed by atoms with E-state index in [2.05, 4.69) is 41.9 Å². The lowest BCUT2D eigenvalue weighted by molar-refractivity contribution is 0.833. The van der Waals surface area contributed by atoms with E-state index in [1.807, 2.05) is 22.8 Å². The van der Waals surface area contributed by atoms with Gasteiger partial charge in [-0.1, -0.05) is 42.5 Å². The van der Waals surface area contributed by atoms with Crippen LogP contribution in [0.4, 0.5) is 5.82 Å². The second-order valence-electron chi connectivity index (χ2n) is 4.48. The summed E-state index contributed by atoms with van der Waals surface area (Å²) in [6.45, 7) is 4.39. The maximum Gasteiger partial charge on any atom is 0.131 e. The van der Waals surface area contributed by atoms with Gasteiger partial charge in [0, 0.05) is 12.1 Å². The van der Waals surface area contributed by atoms with Crippen LogP contribution in [-0.4, -0.2) is 9.55 Å². The molecule has 0 saturated carbocycles. The maximum absolute atomic E-state index is 6.12. The van der Waals surface area contributed by atoms with Gasteiger partial charge in [0.05, 0.1) is 6.33 Å². The summed E-state index contributed by atoms with van der Waals surface area (Å²) in [5.74, 6) is 0.676. The summed E-state index contributed by atoms with van der Waals surface area (Å²) in [6.07, 6.45) is 3.56. The summed E-state index contributed by atoms with van der Waals surface area (Å²) < 4.78 is 1.89. The van der Waals surface area contributed by atoms with Gasteiger partial charge in [0.15, 0.2) is 0 Å². The van der Waals surface area contributed by atoms with Crippen LogP contribution < -0.4 is 5.73 Å². The number of fused-ring (bicyclic) bond motifs is 1. The molecule has 3 aromatic rings. The van der Waals surface area contributed by atoms with Gasteiger partial charge in [-0.3, -0.25) is 0 Å². The Morgan fingerprint density at radius 2 is 1.95 bits per heavy atom. The minimum absolute atomic E-state index is 0.673. The molecule has 1 heterocycles. The Hall–Kier alpha value is -2.55. The molecule has 94 valence electrons. The molecule has 0 bridgehead atoms. The number of hydrogen-bond donors (Lipinski definition) is 1. The first-order chi connectivity index (χ1) is 9.29. The van der Waals surface area contributed by atoms with Crippen molar-refractivity contribution in [1.29, 1.82) is 0 Å². The molecule has 0 radical (unpaired) electrons. The Labute approximate surface area is 112 Å². The van der Waals surface area contributed by atoms with Crippen LogP contribution in [0.2, 0.25) is 0 Å². The summed E-state index contributed by atoms with van der Waals surface area (Å²) in [7, 11) is 0. The predicted octanol–water partition coefficient (Wildman–Crippen LogP) is 3.47. The molecule has 0 aliphatic heterocycles. The van der Waals surface area contributed by atoms with Crippen molar-refractivity contribution >= 4 is 16.6 Å². The van der Waals surface area contributed by atoms with Crippen molar-refractivity contribution in [3.05, 3.63) is 61.4 Å². The molecule has 0 spiro atoms. The Balaban J connectivity index is 2.11. The number of anilines is 1. The Morgan fingerprint density at radius 3 is 2.74 bits per heavy atom. The van der Waals surface area contributed by atoms with E-state index in [0.717, 1.165) is 11.3 Å². The highest BCUT2D eigenvalue weighted by atomic mass is 15.1. The number of allylic oxidation sites excluding steroid dienone is 1. The predicted molar refractivity (Wildman–Crippen MR) is 79.8 cm³/mol. The Kier molecular flexibility index (Phi) is 2.80. The number of aromatic nitrogens is 2. The van der Waals surface area contributed by atoms with Crippen molar-refractivity contribution in [3.63, 3.8) is 0 Å². The summed E-state index contributed by atoms with van der Waals surface area (Å²) in [6, 6.07) is 14.5. The topological polar surface area (TPSA) is 43.8 Å². The lowest BCUT2D eigenvalue weighted by Crippen LogP contribution is -2.00. The van der Waals surface area contributed by atoms with E-state index in [1.165, 1.54) is 10.8 Å². The SMILES string of the molecule is C=CCn1cnc(-c2ccc3ccccc3c2)c1N. The smallest absolute Gasteiger partial charge is 0.131 e. The highest BCUT2D eigenvalue weighted by Gasteiger charge is 2.09. The van der Waals surface area contributed by atoms with Crippen molar-refractivity contribution in [3.8, 4) is 11.3 Å². The first-order valence-corrected chi connectivity index (χ1v) is 6.20. The van der Waals surface area contributed by atoms with E-state index in [0.29, 0.717) is 12.4 Å². The van der Waals surface area contributed by atoms with Crippen molar-refractivity contribution in [2.75, 3.05) is 5.73 Å². The fourth-order valence-electron chi connectivity index (χ4n) is 2.24. The lowest BCUT2D eigenvalue weighted by atomic mass is 10.1. The summed E-state index contributed by atoms with van der Waals surface area (Å²) in [4.78, 5) is 4.40. The van der Waals surface area contributed by atoms with Crippen LogP contribution in [0.5, 0.6) is 0 Å². The number of imidazole rings is 1. The minimum atomic E-state index is 0.673. The van der Waals surface area contributed by atoms with Gasteiger partial charge < -0.3 is 10.3 Å². The highest BCUT2D eigenvalue weighted by molar-refractivity contribution is 5.88. The second kappa shape index (κ2) is 4.61. The zero-order valence-corrected chi connectivity index (χ0v) is 10.6. The fourth-order valence-corrected chi connectivity index (χ4v) is 2.24. The fraction of sp³-hybridized carbons (Fsp3) is 0.0625. The molecule has 0 amide bonds. The van der Waals surface area contributed by atoms with Gasteiger partial charge in [-0.05, 0) is 16.8 Å². The molecule has 3 rings (SSSR count). The van der Waals surface area contributed by atoms with Gasteiger partial charge in [0.1, 0.15) is 11.5 Å². The van der Waals surface area contributed by atoms with Gasteiger partial charge in [-0.25, -0.2) is 4.98 Å². The van der Waals surface area contributed by atoms with E-state index < -0.39 is 0 Å². The van der Waals surface area contributed by atoms with E-state index in [1.54, 1.807) is 6.33 Å². The van der Waals surface area contributed by atoms with Crippen molar-refractivity contribution in [2.45, 2.75) is 6.54 Å². The monoisotopic (exact) mass is 249 g/mol. The van der Waals surface area contributed by atoms with Crippen molar-refractivity contribution < 1.29 is 0 Å². The number of benzene rings is 2. The molecule has 2 N–H and O–H groups in total. The number of nitrogen functional groups attached to an aromatic ring is 1. The second-order valence-corrected chi connectivity index (χ2v) is 4.48. The average molecular weight is 249 g/mol. The standard InChI is InChI=1S/C16H15N3/c1-2-9-19-11-18-15(16(19)17)14-8-7-12-5-3-4-6-13(12)10-14/h2-8,10-11H,1,9,17H2. The molecule has 0 atom stereocenters. The van der Waals surface area contributed by atoms with E-state index in [9.17, 15) is 0 Å². The van der Waals surface area contributed by atoms with E-state index >= 15 is 0 Å². The molecular formula is C16H15N3. The van der Waals surface area contributed by atoms with Crippen LogP contribution in [0.25, 0.3) is 22.0 Å². The normalized spacial score (nSPS) is 10.7. The van der Waals surface area contributed by atoms with Crippen molar-refractivity contribution in [2.24, 2.45) is 0 Å². The van der Waals surface area contributed by atoms with Crippen LogP contribution in [0.3, 0.4) is 0 Å². The summed E-state index contributed by atoms with van der Waals surface area (Å²) >= 11 is 0. The van der Waals surface area contributed by atoms with Crippen molar-refractivity contribution in [1.82, 2.24) is 9.55 Å². The lowest BCUT2D eigenvalue weighted by Gasteiger charge is -2.04. The number of rotatable bonds is 3. The number of nitrogens with zero attached hydrogens (tertiary/aromatic N) is 2. The molecule has 1 aromatic heterocycles. The minimum Gasteiger partial charge on any atom is -0.383 e. The van der Waals surface area contributed by atoms with Gasteiger partial charge in [-0.15, -0.1) is 6.58 Å². The van der Waals surface area contributed by atoms with Crippen LogP contribution in [0, 0.1) is 0 Å². The van der Waals surface area contributed by atoms with E-state index in [4.69, 9.17) is 5.73 Å². The Bertz CT molecular complexity index is 741. The first-order valence-electron chi connectivity index (χ1n) is 6.20. The zero-order valence-electron chi connectivity index (χ0n) is 10.6. The van der Waals surface area contributed by atoms with Crippen LogP contribution in [0.1, 0.15) is 0 Å². The van der Waals surface area contributed by atoms with E-state index in [-0.39, 0.29) is 0 Å². The number of hydrogen-bond acceptors (Lipinski definition) is 2. The molecule has 3 heteroatoms. The third kappa shape index (κ3) is 1.99. The van der Waals surface area contributed by atoms with Gasteiger partial charge in [0.25, 0.3) is 0 Å². The van der Waals surface area contributed by atoms with Crippen LogP contribution in [0.15, 0.2) is 61.4 Å². The molecule has 0 fully saturated rings. The van der Waals surface area contributed by atoms with Crippen LogP contribution >= 0.6 is 0 Å². The first kappa shape index (κ1) is 11.5. The Morgan fingerprint density at radius 1 is 1.16 bits per heavy atom. The molecule has 0 aliphatic rings. The third-order valence-corrected chi connectivity index (χ3v) is 3.23. The quantitative estimate of drug-likeness (QED) is 0.722. The molecule has 0 aliphatic carbocycles. The molecule has 2 aromatic carbocycles. The summed E-state index contributed by atoms with van der Waals surface area (Å²) in [5, 5.41) is 2.41. The van der Waals surface area contributed by atoms with Gasteiger partial charge >= 0.3 is 0 Å². The molecule has 3 nitrogen and oxygen atoms in total. The van der Waals surface area contributed by atoms with Gasteiger partial charge in [0.2, 0.25) is 0 Å².